The number of nitro groups is 2. The maximum Gasteiger partial charge on any atom is 0.343 e. The molecule has 8 nitrogen and oxygen atoms in total. The third kappa shape index (κ3) is 2.84. The molecule has 0 heterocycles. The van der Waals surface area contributed by atoms with Crippen molar-refractivity contribution in [3.63, 3.8) is 0 Å². The fourth-order valence-corrected chi connectivity index (χ4v) is 1.07. The van der Waals surface area contributed by atoms with Gasteiger partial charge in [0.15, 0.2) is 0 Å². The van der Waals surface area contributed by atoms with Gasteiger partial charge in [-0.15, -0.1) is 0 Å². The largest absolute Gasteiger partial charge is 0.432 e. The molecule has 0 atom stereocenters. The second-order valence-corrected chi connectivity index (χ2v) is 2.82. The van der Waals surface area contributed by atoms with Gasteiger partial charge in [-0.25, -0.2) is 4.79 Å². The highest BCUT2D eigenvalue weighted by molar-refractivity contribution is 5.91. The molecular formula is C9H6N2O6. The van der Waals surface area contributed by atoms with E-state index in [1.807, 2.05) is 0 Å². The average Bonchev–Trinajstić information content (AvgIpc) is 2.28. The van der Waals surface area contributed by atoms with Crippen molar-refractivity contribution in [2.24, 2.45) is 0 Å². The quantitative estimate of drug-likeness (QED) is 0.342. The molecular weight excluding hydrogens is 232 g/mol. The van der Waals surface area contributed by atoms with Crippen molar-refractivity contribution in [1.29, 1.82) is 0 Å². The molecule has 0 aliphatic carbocycles. The minimum atomic E-state index is -0.952. The molecule has 0 spiro atoms. The summed E-state index contributed by atoms with van der Waals surface area (Å²) in [5.74, 6) is -0.952. The number of nitrogens with zero attached hydrogens (tertiary/aromatic N) is 2. The number of nitro benzene ring substituents is 2. The van der Waals surface area contributed by atoms with Crippen LogP contribution < -0.4 is 0 Å². The summed E-state index contributed by atoms with van der Waals surface area (Å²) in [5, 5.41) is 21.0. The Kier molecular flexibility index (Phi) is 3.50. The monoisotopic (exact) mass is 238 g/mol. The third-order valence-electron chi connectivity index (χ3n) is 1.75. The normalized spacial score (nSPS) is 9.41. The first-order valence-corrected chi connectivity index (χ1v) is 4.21. The Balaban J connectivity index is 3.30. The summed E-state index contributed by atoms with van der Waals surface area (Å²) in [6.07, 6.45) is 0.826. The Morgan fingerprint density at radius 1 is 1.18 bits per heavy atom. The van der Waals surface area contributed by atoms with Gasteiger partial charge in [0.05, 0.1) is 27.7 Å². The van der Waals surface area contributed by atoms with Crippen LogP contribution in [0.5, 0.6) is 0 Å². The van der Waals surface area contributed by atoms with Gasteiger partial charge in [-0.3, -0.25) is 20.2 Å². The number of ether oxygens (including phenoxy) is 1. The predicted molar refractivity (Wildman–Crippen MR) is 55.4 cm³/mol. The molecule has 0 unspecified atom stereocenters. The fourth-order valence-electron chi connectivity index (χ4n) is 1.07. The molecule has 0 radical (unpaired) electrons. The number of carbonyl (C=O) groups excluding carboxylic acids is 1. The summed E-state index contributed by atoms with van der Waals surface area (Å²) >= 11 is 0. The van der Waals surface area contributed by atoms with Gasteiger partial charge in [0.2, 0.25) is 0 Å². The molecule has 0 bridgehead atoms. The van der Waals surface area contributed by atoms with Crippen molar-refractivity contribution in [2.45, 2.75) is 0 Å². The lowest BCUT2D eigenvalue weighted by atomic mass is 10.2. The maximum atomic E-state index is 11.3. The van der Waals surface area contributed by atoms with E-state index < -0.39 is 27.2 Å². The number of hydrogen-bond acceptors (Lipinski definition) is 6. The number of rotatable bonds is 4. The van der Waals surface area contributed by atoms with E-state index >= 15 is 0 Å². The second-order valence-electron chi connectivity index (χ2n) is 2.82. The minimum absolute atomic E-state index is 0.286. The number of non-ortho nitro benzene ring substituents is 2. The zero-order chi connectivity index (χ0) is 13.0. The van der Waals surface area contributed by atoms with Crippen molar-refractivity contribution in [3.8, 4) is 0 Å². The van der Waals surface area contributed by atoms with Gasteiger partial charge in [0.1, 0.15) is 0 Å². The van der Waals surface area contributed by atoms with E-state index in [1.165, 1.54) is 0 Å². The van der Waals surface area contributed by atoms with Gasteiger partial charge in [-0.2, -0.15) is 0 Å². The summed E-state index contributed by atoms with van der Waals surface area (Å²) in [6.45, 7) is 3.13. The van der Waals surface area contributed by atoms with Gasteiger partial charge >= 0.3 is 5.97 Å². The van der Waals surface area contributed by atoms with E-state index in [2.05, 4.69) is 11.3 Å². The predicted octanol–water partition coefficient (Wildman–Crippen LogP) is 1.80. The lowest BCUT2D eigenvalue weighted by Gasteiger charge is -1.99. The molecule has 0 aliphatic rings. The summed E-state index contributed by atoms with van der Waals surface area (Å²) in [5.41, 5.74) is -1.41. The first kappa shape index (κ1) is 12.3. The summed E-state index contributed by atoms with van der Waals surface area (Å²) in [7, 11) is 0. The number of benzene rings is 1. The van der Waals surface area contributed by atoms with E-state index in [-0.39, 0.29) is 5.56 Å². The van der Waals surface area contributed by atoms with Crippen molar-refractivity contribution in [3.05, 3.63) is 56.8 Å². The molecule has 0 saturated carbocycles. The molecule has 17 heavy (non-hydrogen) atoms. The van der Waals surface area contributed by atoms with E-state index in [9.17, 15) is 25.0 Å². The molecule has 0 aromatic heterocycles. The molecule has 0 amide bonds. The van der Waals surface area contributed by atoms with Gasteiger partial charge < -0.3 is 4.74 Å². The van der Waals surface area contributed by atoms with E-state index in [0.717, 1.165) is 24.5 Å². The molecule has 0 aliphatic heterocycles. The van der Waals surface area contributed by atoms with E-state index in [4.69, 9.17) is 0 Å². The lowest BCUT2D eigenvalue weighted by Crippen LogP contribution is -2.03. The Bertz CT molecular complexity index is 478. The van der Waals surface area contributed by atoms with Crippen LogP contribution in [0.15, 0.2) is 31.0 Å². The smallest absolute Gasteiger partial charge is 0.343 e. The summed E-state index contributed by atoms with van der Waals surface area (Å²) in [6, 6.07) is 2.53. The number of esters is 1. The molecule has 0 saturated heterocycles. The molecule has 8 heteroatoms. The topological polar surface area (TPSA) is 113 Å². The molecule has 88 valence electrons. The van der Waals surface area contributed by atoms with Crippen LogP contribution in [-0.4, -0.2) is 15.8 Å². The number of carbonyl (C=O) groups is 1. The van der Waals surface area contributed by atoms with Crippen molar-refractivity contribution >= 4 is 17.3 Å². The van der Waals surface area contributed by atoms with Crippen LogP contribution in [0.1, 0.15) is 10.4 Å². The Morgan fingerprint density at radius 2 is 1.65 bits per heavy atom. The maximum absolute atomic E-state index is 11.3. The van der Waals surface area contributed by atoms with Crippen LogP contribution in [-0.2, 0) is 4.74 Å². The summed E-state index contributed by atoms with van der Waals surface area (Å²) < 4.78 is 4.38. The molecule has 0 N–H and O–H groups in total. The fraction of sp³-hybridized carbons (Fsp3) is 0. The van der Waals surface area contributed by atoms with Crippen molar-refractivity contribution in [1.82, 2.24) is 0 Å². The van der Waals surface area contributed by atoms with Crippen LogP contribution >= 0.6 is 0 Å². The lowest BCUT2D eigenvalue weighted by molar-refractivity contribution is -0.394. The standard InChI is InChI=1S/C9H6N2O6/c1-2-17-9(12)6-3-7(10(13)14)5-8(4-6)11(15)16/h2-5H,1H2. The average molecular weight is 238 g/mol. The van der Waals surface area contributed by atoms with Crippen LogP contribution in [0.2, 0.25) is 0 Å². The van der Waals surface area contributed by atoms with Crippen LogP contribution in [0, 0.1) is 20.2 Å². The molecule has 1 aromatic carbocycles. The van der Waals surface area contributed by atoms with Crippen LogP contribution in [0.3, 0.4) is 0 Å². The van der Waals surface area contributed by atoms with Gasteiger partial charge in [0.25, 0.3) is 11.4 Å². The Morgan fingerprint density at radius 3 is 2.00 bits per heavy atom. The Hall–Kier alpha value is -2.77. The second kappa shape index (κ2) is 4.84. The van der Waals surface area contributed by atoms with Crippen molar-refractivity contribution in [2.75, 3.05) is 0 Å². The van der Waals surface area contributed by atoms with Crippen molar-refractivity contribution < 1.29 is 19.4 Å². The van der Waals surface area contributed by atoms with Crippen LogP contribution in [0.4, 0.5) is 11.4 Å². The van der Waals surface area contributed by atoms with Gasteiger partial charge in [-0.1, -0.05) is 6.58 Å². The first-order chi connectivity index (χ1) is 7.95. The first-order valence-electron chi connectivity index (χ1n) is 4.21. The highest BCUT2D eigenvalue weighted by Crippen LogP contribution is 2.23. The SMILES string of the molecule is C=COC(=O)c1cc([N+](=O)[O-])cc([N+](=O)[O-])c1. The van der Waals surface area contributed by atoms with Gasteiger partial charge in [-0.05, 0) is 0 Å². The highest BCUT2D eigenvalue weighted by Gasteiger charge is 2.20. The minimum Gasteiger partial charge on any atom is -0.432 e. The highest BCUT2D eigenvalue weighted by atomic mass is 16.6. The molecule has 1 aromatic rings. The zero-order valence-corrected chi connectivity index (χ0v) is 8.36. The Labute approximate surface area is 94.4 Å². The van der Waals surface area contributed by atoms with E-state index in [1.54, 1.807) is 0 Å². The van der Waals surface area contributed by atoms with E-state index in [0.29, 0.717) is 0 Å². The van der Waals surface area contributed by atoms with Gasteiger partial charge in [0, 0.05) is 12.1 Å². The third-order valence-corrected chi connectivity index (χ3v) is 1.75. The summed E-state index contributed by atoms with van der Waals surface area (Å²) in [4.78, 5) is 30.6. The molecule has 1 rings (SSSR count). The number of hydrogen-bond donors (Lipinski definition) is 0. The van der Waals surface area contributed by atoms with Crippen LogP contribution in [0.25, 0.3) is 0 Å². The zero-order valence-electron chi connectivity index (χ0n) is 8.36. The molecule has 0 fully saturated rings.